The summed E-state index contributed by atoms with van der Waals surface area (Å²) in [7, 11) is 1.73. The third-order valence-corrected chi connectivity index (χ3v) is 4.32. The van der Waals surface area contributed by atoms with Crippen LogP contribution < -0.4 is 10.5 Å². The molecule has 2 rings (SSSR count). The van der Waals surface area contributed by atoms with Crippen molar-refractivity contribution < 1.29 is 4.74 Å². The summed E-state index contributed by atoms with van der Waals surface area (Å²) in [4.78, 5) is 4.60. The van der Waals surface area contributed by atoms with Crippen molar-refractivity contribution >= 4 is 0 Å². The Morgan fingerprint density at radius 2 is 2.06 bits per heavy atom. The first-order chi connectivity index (χ1) is 8.67. The summed E-state index contributed by atoms with van der Waals surface area (Å²) in [5.41, 5.74) is 9.34. The summed E-state index contributed by atoms with van der Waals surface area (Å²) in [6.45, 7) is 4.97. The molecular weight excluding hydrogens is 224 g/mol. The van der Waals surface area contributed by atoms with Crippen LogP contribution in [0.5, 0.6) is 5.75 Å². The van der Waals surface area contributed by atoms with E-state index in [1.807, 2.05) is 13.1 Å². The van der Waals surface area contributed by atoms with Crippen LogP contribution in [0.1, 0.15) is 36.1 Å². The van der Waals surface area contributed by atoms with E-state index in [9.17, 15) is 0 Å². The molecule has 0 aliphatic heterocycles. The molecule has 1 aromatic heterocycles. The third kappa shape index (κ3) is 2.51. The molecule has 1 aromatic rings. The monoisotopic (exact) mass is 248 g/mol. The number of hydrogen-bond acceptors (Lipinski definition) is 3. The minimum Gasteiger partial charge on any atom is -0.496 e. The smallest absolute Gasteiger partial charge is 0.128 e. The van der Waals surface area contributed by atoms with Crippen LogP contribution >= 0.6 is 0 Å². The van der Waals surface area contributed by atoms with Gasteiger partial charge in [-0.15, -0.1) is 0 Å². The number of pyridine rings is 1. The molecule has 0 saturated heterocycles. The Morgan fingerprint density at radius 3 is 2.72 bits per heavy atom. The first-order valence-electron chi connectivity index (χ1n) is 6.86. The normalized spacial score (nSPS) is 23.3. The molecule has 100 valence electrons. The lowest BCUT2D eigenvalue weighted by Gasteiger charge is -2.19. The molecule has 2 N–H and O–H groups in total. The lowest BCUT2D eigenvalue weighted by Crippen LogP contribution is -2.21. The van der Waals surface area contributed by atoms with Gasteiger partial charge in [0, 0.05) is 23.0 Å². The van der Waals surface area contributed by atoms with Gasteiger partial charge in [-0.3, -0.25) is 4.98 Å². The molecule has 0 radical (unpaired) electrons. The molecule has 0 bridgehead atoms. The number of hydrogen-bond donors (Lipinski definition) is 1. The molecule has 1 aliphatic carbocycles. The van der Waals surface area contributed by atoms with E-state index in [1.54, 1.807) is 7.11 Å². The Hall–Kier alpha value is -1.09. The van der Waals surface area contributed by atoms with Crippen LogP contribution in [-0.4, -0.2) is 18.6 Å². The van der Waals surface area contributed by atoms with Crippen LogP contribution in [0.2, 0.25) is 0 Å². The van der Waals surface area contributed by atoms with Crippen molar-refractivity contribution in [3.8, 4) is 5.75 Å². The Balaban J connectivity index is 2.19. The van der Waals surface area contributed by atoms with Crippen LogP contribution in [0, 0.1) is 25.7 Å². The third-order valence-electron chi connectivity index (χ3n) is 4.32. The molecule has 1 fully saturated rings. The second-order valence-corrected chi connectivity index (χ2v) is 5.44. The largest absolute Gasteiger partial charge is 0.496 e. The second-order valence-electron chi connectivity index (χ2n) is 5.44. The Kier molecular flexibility index (Phi) is 4.23. The predicted octanol–water partition coefficient (Wildman–Crippen LogP) is 2.62. The zero-order valence-electron chi connectivity index (χ0n) is 11.7. The van der Waals surface area contributed by atoms with Crippen LogP contribution in [-0.2, 0) is 6.42 Å². The SMILES string of the molecule is COc1c(C)cnc(CC2CCCC2CN)c1C. The van der Waals surface area contributed by atoms with Crippen LogP contribution in [0.3, 0.4) is 0 Å². The van der Waals surface area contributed by atoms with Gasteiger partial charge in [0.25, 0.3) is 0 Å². The predicted molar refractivity (Wildman–Crippen MR) is 73.9 cm³/mol. The van der Waals surface area contributed by atoms with Crippen molar-refractivity contribution in [3.63, 3.8) is 0 Å². The Labute approximate surface area is 110 Å². The molecular formula is C15H24N2O. The Morgan fingerprint density at radius 1 is 1.33 bits per heavy atom. The molecule has 1 aliphatic rings. The van der Waals surface area contributed by atoms with Crippen molar-refractivity contribution in [2.24, 2.45) is 17.6 Å². The highest BCUT2D eigenvalue weighted by Gasteiger charge is 2.27. The maximum absolute atomic E-state index is 5.85. The minimum absolute atomic E-state index is 0.679. The molecule has 1 heterocycles. The fourth-order valence-electron chi connectivity index (χ4n) is 3.22. The zero-order chi connectivity index (χ0) is 13.1. The summed E-state index contributed by atoms with van der Waals surface area (Å²) in [6, 6.07) is 0. The summed E-state index contributed by atoms with van der Waals surface area (Å²) in [5, 5.41) is 0. The van der Waals surface area contributed by atoms with Gasteiger partial charge in [-0.25, -0.2) is 0 Å². The molecule has 0 spiro atoms. The molecule has 1 saturated carbocycles. The number of ether oxygens (including phenoxy) is 1. The number of aromatic nitrogens is 1. The van der Waals surface area contributed by atoms with Crippen molar-refractivity contribution in [2.45, 2.75) is 39.5 Å². The van der Waals surface area contributed by atoms with E-state index in [2.05, 4.69) is 11.9 Å². The first kappa shape index (κ1) is 13.3. The summed E-state index contributed by atoms with van der Waals surface area (Å²) >= 11 is 0. The lowest BCUT2D eigenvalue weighted by molar-refractivity contribution is 0.384. The quantitative estimate of drug-likeness (QED) is 0.891. The number of methoxy groups -OCH3 is 1. The van der Waals surface area contributed by atoms with Gasteiger partial charge in [0.05, 0.1) is 7.11 Å². The maximum atomic E-state index is 5.85. The first-order valence-corrected chi connectivity index (χ1v) is 6.86. The zero-order valence-corrected chi connectivity index (χ0v) is 11.7. The Bertz CT molecular complexity index is 417. The summed E-state index contributed by atoms with van der Waals surface area (Å²) < 4.78 is 5.47. The molecule has 18 heavy (non-hydrogen) atoms. The highest BCUT2D eigenvalue weighted by Crippen LogP contribution is 2.35. The standard InChI is InChI=1S/C15H24N2O/c1-10-9-17-14(11(2)15(10)18-3)7-12-5-4-6-13(12)8-16/h9,12-13H,4-8,16H2,1-3H3. The van der Waals surface area contributed by atoms with Crippen LogP contribution in [0.4, 0.5) is 0 Å². The molecule has 2 atom stereocenters. The van der Waals surface area contributed by atoms with E-state index >= 15 is 0 Å². The molecule has 2 unspecified atom stereocenters. The van der Waals surface area contributed by atoms with Crippen LogP contribution in [0.15, 0.2) is 6.20 Å². The topological polar surface area (TPSA) is 48.1 Å². The number of nitrogens with zero attached hydrogens (tertiary/aromatic N) is 1. The van der Waals surface area contributed by atoms with Crippen molar-refractivity contribution in [3.05, 3.63) is 23.0 Å². The van der Waals surface area contributed by atoms with Crippen molar-refractivity contribution in [2.75, 3.05) is 13.7 Å². The summed E-state index contributed by atoms with van der Waals surface area (Å²) in [5.74, 6) is 2.37. The van der Waals surface area contributed by atoms with Gasteiger partial charge in [0.2, 0.25) is 0 Å². The van der Waals surface area contributed by atoms with Crippen molar-refractivity contribution in [1.82, 2.24) is 4.98 Å². The molecule has 0 amide bonds. The second kappa shape index (κ2) is 5.70. The van der Waals surface area contributed by atoms with E-state index in [0.29, 0.717) is 11.8 Å². The number of nitrogens with two attached hydrogens (primary N) is 1. The highest BCUT2D eigenvalue weighted by molar-refractivity contribution is 5.41. The van der Waals surface area contributed by atoms with Gasteiger partial charge in [-0.2, -0.15) is 0 Å². The fourth-order valence-corrected chi connectivity index (χ4v) is 3.22. The van der Waals surface area contributed by atoms with Gasteiger partial charge < -0.3 is 10.5 Å². The van der Waals surface area contributed by atoms with E-state index in [1.165, 1.54) is 30.5 Å². The van der Waals surface area contributed by atoms with Gasteiger partial charge in [-0.1, -0.05) is 6.42 Å². The maximum Gasteiger partial charge on any atom is 0.128 e. The van der Waals surface area contributed by atoms with Crippen molar-refractivity contribution in [1.29, 1.82) is 0 Å². The van der Waals surface area contributed by atoms with Gasteiger partial charge in [0.15, 0.2) is 0 Å². The number of rotatable bonds is 4. The minimum atomic E-state index is 0.679. The fraction of sp³-hybridized carbons (Fsp3) is 0.667. The van der Waals surface area contributed by atoms with E-state index in [0.717, 1.165) is 24.3 Å². The van der Waals surface area contributed by atoms with Crippen LogP contribution in [0.25, 0.3) is 0 Å². The number of aryl methyl sites for hydroxylation is 1. The summed E-state index contributed by atoms with van der Waals surface area (Å²) in [6.07, 6.45) is 6.86. The molecule has 3 heteroatoms. The molecule has 3 nitrogen and oxygen atoms in total. The van der Waals surface area contributed by atoms with Gasteiger partial charge in [0.1, 0.15) is 5.75 Å². The van der Waals surface area contributed by atoms with Gasteiger partial charge in [-0.05, 0) is 51.5 Å². The highest BCUT2D eigenvalue weighted by atomic mass is 16.5. The van der Waals surface area contributed by atoms with E-state index in [4.69, 9.17) is 10.5 Å². The average Bonchev–Trinajstić information content (AvgIpc) is 2.81. The lowest BCUT2D eigenvalue weighted by atomic mass is 9.90. The average molecular weight is 248 g/mol. The van der Waals surface area contributed by atoms with E-state index in [-0.39, 0.29) is 0 Å². The molecule has 0 aromatic carbocycles. The van der Waals surface area contributed by atoms with E-state index < -0.39 is 0 Å². The van der Waals surface area contributed by atoms with Gasteiger partial charge >= 0.3 is 0 Å².